The second-order valence-electron chi connectivity index (χ2n) is 9.42. The van der Waals surface area contributed by atoms with E-state index in [0.717, 1.165) is 7.28 Å². The Morgan fingerprint density at radius 1 is 0.457 bits per heavy atom. The Morgan fingerprint density at radius 2 is 0.971 bits per heavy atom. The first-order valence-corrected chi connectivity index (χ1v) is 12.3. The van der Waals surface area contributed by atoms with Crippen molar-refractivity contribution in [1.29, 1.82) is 0 Å². The van der Waals surface area contributed by atoms with Crippen molar-refractivity contribution < 1.29 is 0 Å². The molecule has 0 aliphatic carbocycles. The second-order valence-corrected chi connectivity index (χ2v) is 9.42. The lowest BCUT2D eigenvalue weighted by molar-refractivity contribution is 1.37. The summed E-state index contributed by atoms with van der Waals surface area (Å²) in [5, 5.41) is 5.31. The normalized spacial score (nSPS) is 11.1. The van der Waals surface area contributed by atoms with Gasteiger partial charge >= 0.3 is 0 Å². The SMILES string of the molecule is Cc1cccc(Bc2c3cccc(-c4ccccc4)c3cc3c(-c4ccccc4)cccc23)c1C. The van der Waals surface area contributed by atoms with Crippen molar-refractivity contribution in [2.45, 2.75) is 13.8 Å². The molecule has 0 N–H and O–H groups in total. The molecule has 6 aromatic carbocycles. The summed E-state index contributed by atoms with van der Waals surface area (Å²) in [6.45, 7) is 4.46. The molecule has 0 unspecified atom stereocenters. The first kappa shape index (κ1) is 21.4. The highest BCUT2D eigenvalue weighted by Crippen LogP contribution is 2.35. The molecule has 0 bridgehead atoms. The highest BCUT2D eigenvalue weighted by Gasteiger charge is 2.16. The van der Waals surface area contributed by atoms with Crippen LogP contribution in [0.1, 0.15) is 11.1 Å². The van der Waals surface area contributed by atoms with Crippen molar-refractivity contribution in [1.82, 2.24) is 0 Å². The molecule has 0 spiro atoms. The third-order valence-electron chi connectivity index (χ3n) is 7.40. The quantitative estimate of drug-likeness (QED) is 0.196. The van der Waals surface area contributed by atoms with Crippen molar-refractivity contribution in [2.75, 3.05) is 0 Å². The number of benzene rings is 6. The summed E-state index contributed by atoms with van der Waals surface area (Å²) in [7, 11) is 0.915. The van der Waals surface area contributed by atoms with Gasteiger partial charge in [-0.05, 0) is 69.3 Å². The molecule has 0 atom stereocenters. The Hall–Kier alpha value is -4.10. The molecule has 0 saturated heterocycles. The first-order chi connectivity index (χ1) is 17.2. The summed E-state index contributed by atoms with van der Waals surface area (Å²) < 4.78 is 0. The minimum Gasteiger partial charge on any atom is -0.0754 e. The van der Waals surface area contributed by atoms with Crippen LogP contribution in [0.2, 0.25) is 0 Å². The average molecular weight is 446 g/mol. The fourth-order valence-electron chi connectivity index (χ4n) is 5.38. The second kappa shape index (κ2) is 8.93. The van der Waals surface area contributed by atoms with E-state index in [-0.39, 0.29) is 0 Å². The van der Waals surface area contributed by atoms with Gasteiger partial charge in [0.25, 0.3) is 0 Å². The van der Waals surface area contributed by atoms with Crippen molar-refractivity contribution in [2.24, 2.45) is 0 Å². The molecule has 35 heavy (non-hydrogen) atoms. The number of rotatable bonds is 4. The van der Waals surface area contributed by atoms with Gasteiger partial charge in [0.1, 0.15) is 0 Å². The molecule has 0 nitrogen and oxygen atoms in total. The Kier molecular flexibility index (Phi) is 5.47. The third-order valence-corrected chi connectivity index (χ3v) is 7.40. The van der Waals surface area contributed by atoms with Crippen LogP contribution in [0.5, 0.6) is 0 Å². The molecule has 0 aliphatic heterocycles. The van der Waals surface area contributed by atoms with Gasteiger partial charge in [-0.1, -0.05) is 132 Å². The fourth-order valence-corrected chi connectivity index (χ4v) is 5.38. The third kappa shape index (κ3) is 3.84. The molecule has 166 valence electrons. The summed E-state index contributed by atoms with van der Waals surface area (Å²) in [4.78, 5) is 0. The van der Waals surface area contributed by atoms with E-state index >= 15 is 0 Å². The van der Waals surface area contributed by atoms with E-state index in [1.165, 1.54) is 65.9 Å². The summed E-state index contributed by atoms with van der Waals surface area (Å²) in [6.07, 6.45) is 0. The van der Waals surface area contributed by atoms with Gasteiger partial charge in [0, 0.05) is 0 Å². The van der Waals surface area contributed by atoms with Crippen LogP contribution in [0.4, 0.5) is 0 Å². The molecule has 0 amide bonds. The van der Waals surface area contributed by atoms with Crippen LogP contribution in [0.25, 0.3) is 43.8 Å². The predicted molar refractivity (Wildman–Crippen MR) is 155 cm³/mol. The van der Waals surface area contributed by atoms with Crippen LogP contribution in [-0.2, 0) is 0 Å². The minimum atomic E-state index is 0.915. The van der Waals surface area contributed by atoms with E-state index in [0.29, 0.717) is 0 Å². The molecule has 0 saturated carbocycles. The molecule has 0 radical (unpaired) electrons. The standard InChI is InChI=1S/C34H27B/c1-23-12-9-21-33(24(23)2)35-34-29-19-10-17-27(25-13-5-3-6-14-25)31(29)22-32-28(18-11-20-30(32)34)26-15-7-4-8-16-26/h3-22,35H,1-2H3. The Labute approximate surface area is 208 Å². The van der Waals surface area contributed by atoms with Crippen LogP contribution in [0.3, 0.4) is 0 Å². The lowest BCUT2D eigenvalue weighted by atomic mass is 9.59. The maximum absolute atomic E-state index is 2.42. The van der Waals surface area contributed by atoms with E-state index in [1.807, 2.05) is 0 Å². The lowest BCUT2D eigenvalue weighted by Crippen LogP contribution is -2.30. The Bertz CT molecular complexity index is 1570. The molecule has 0 fully saturated rings. The fraction of sp³-hybridized carbons (Fsp3) is 0.0588. The molecule has 6 aromatic rings. The largest absolute Gasteiger partial charge is 0.194 e. The summed E-state index contributed by atoms with van der Waals surface area (Å²) in [5.41, 5.74) is 10.6. The highest BCUT2D eigenvalue weighted by atomic mass is 14.1. The Balaban J connectivity index is 1.71. The zero-order valence-electron chi connectivity index (χ0n) is 20.3. The molecule has 0 aromatic heterocycles. The van der Waals surface area contributed by atoms with Crippen LogP contribution in [0.15, 0.2) is 121 Å². The summed E-state index contributed by atoms with van der Waals surface area (Å²) in [6, 6.07) is 44.2. The van der Waals surface area contributed by atoms with Crippen LogP contribution >= 0.6 is 0 Å². The Morgan fingerprint density at radius 3 is 1.51 bits per heavy atom. The number of hydrogen-bond acceptors (Lipinski definition) is 0. The van der Waals surface area contributed by atoms with Gasteiger partial charge in [0.05, 0.1) is 0 Å². The van der Waals surface area contributed by atoms with E-state index in [4.69, 9.17) is 0 Å². The van der Waals surface area contributed by atoms with Crippen LogP contribution in [-0.4, -0.2) is 7.28 Å². The van der Waals surface area contributed by atoms with Gasteiger partial charge in [-0.15, -0.1) is 0 Å². The van der Waals surface area contributed by atoms with E-state index in [2.05, 4.69) is 135 Å². The molecule has 1 heteroatoms. The van der Waals surface area contributed by atoms with Gasteiger partial charge in [0.2, 0.25) is 0 Å². The zero-order chi connectivity index (χ0) is 23.8. The van der Waals surface area contributed by atoms with Crippen molar-refractivity contribution in [3.05, 3.63) is 132 Å². The van der Waals surface area contributed by atoms with Crippen LogP contribution < -0.4 is 10.9 Å². The predicted octanol–water partition coefficient (Wildman–Crippen LogP) is 7.33. The van der Waals surface area contributed by atoms with Gasteiger partial charge in [-0.3, -0.25) is 0 Å². The van der Waals surface area contributed by atoms with Gasteiger partial charge in [0.15, 0.2) is 7.28 Å². The van der Waals surface area contributed by atoms with Gasteiger partial charge < -0.3 is 0 Å². The molecular formula is C34H27B. The highest BCUT2D eigenvalue weighted by molar-refractivity contribution is 6.73. The average Bonchev–Trinajstić information content (AvgIpc) is 2.91. The number of aryl methyl sites for hydroxylation is 1. The van der Waals surface area contributed by atoms with E-state index < -0.39 is 0 Å². The zero-order valence-corrected chi connectivity index (χ0v) is 20.3. The molecular weight excluding hydrogens is 419 g/mol. The van der Waals surface area contributed by atoms with Gasteiger partial charge in [-0.2, -0.15) is 0 Å². The molecule has 0 heterocycles. The number of fused-ring (bicyclic) bond motifs is 2. The lowest BCUT2D eigenvalue weighted by Gasteiger charge is -2.18. The van der Waals surface area contributed by atoms with Crippen LogP contribution in [0, 0.1) is 13.8 Å². The maximum Gasteiger partial charge on any atom is 0.194 e. The van der Waals surface area contributed by atoms with Gasteiger partial charge in [-0.25, -0.2) is 0 Å². The smallest absolute Gasteiger partial charge is 0.0754 e. The minimum absolute atomic E-state index is 0.915. The van der Waals surface area contributed by atoms with Crippen molar-refractivity contribution in [3.8, 4) is 22.3 Å². The van der Waals surface area contributed by atoms with Crippen molar-refractivity contribution in [3.63, 3.8) is 0 Å². The first-order valence-electron chi connectivity index (χ1n) is 12.3. The van der Waals surface area contributed by atoms with E-state index in [1.54, 1.807) is 0 Å². The maximum atomic E-state index is 2.42. The topological polar surface area (TPSA) is 0 Å². The number of hydrogen-bond donors (Lipinski definition) is 0. The monoisotopic (exact) mass is 446 g/mol. The summed E-state index contributed by atoms with van der Waals surface area (Å²) >= 11 is 0. The summed E-state index contributed by atoms with van der Waals surface area (Å²) in [5.74, 6) is 0. The van der Waals surface area contributed by atoms with E-state index in [9.17, 15) is 0 Å². The molecule has 0 aliphatic rings. The van der Waals surface area contributed by atoms with Crippen molar-refractivity contribution >= 4 is 39.8 Å². The molecule has 6 rings (SSSR count).